The number of fused-ring (bicyclic) bond motifs is 2. The standard InChI is InChI=1S/C13H10ClNO3S2/c14-20(17,18)8-4-5-13-11(6-8)15-10-2-1-3-12(16)9(10)7-19-13/h1-6,15-16H,7H2. The van der Waals surface area contributed by atoms with Crippen LogP contribution in [0.4, 0.5) is 11.4 Å². The van der Waals surface area contributed by atoms with E-state index in [0.717, 1.165) is 16.1 Å². The molecule has 0 aliphatic carbocycles. The molecule has 1 aliphatic rings. The number of rotatable bonds is 1. The predicted molar refractivity (Wildman–Crippen MR) is 80.4 cm³/mol. The Kier molecular flexibility index (Phi) is 3.32. The Morgan fingerprint density at radius 2 is 2.00 bits per heavy atom. The number of phenols is 1. The molecule has 2 aromatic carbocycles. The number of halogens is 1. The zero-order valence-corrected chi connectivity index (χ0v) is 12.5. The lowest BCUT2D eigenvalue weighted by Gasteiger charge is -2.10. The Morgan fingerprint density at radius 1 is 1.20 bits per heavy atom. The molecule has 0 saturated carbocycles. The molecule has 0 amide bonds. The average Bonchev–Trinajstić information content (AvgIpc) is 2.56. The monoisotopic (exact) mass is 327 g/mol. The molecule has 4 nitrogen and oxygen atoms in total. The van der Waals surface area contributed by atoms with Crippen molar-refractivity contribution in [1.29, 1.82) is 0 Å². The topological polar surface area (TPSA) is 66.4 Å². The van der Waals surface area contributed by atoms with Gasteiger partial charge in [-0.1, -0.05) is 6.07 Å². The van der Waals surface area contributed by atoms with Crippen molar-refractivity contribution in [2.75, 3.05) is 5.32 Å². The van der Waals surface area contributed by atoms with Crippen LogP contribution >= 0.6 is 22.4 Å². The second-order valence-electron chi connectivity index (χ2n) is 4.31. The minimum atomic E-state index is -3.76. The number of aromatic hydroxyl groups is 1. The van der Waals surface area contributed by atoms with Crippen LogP contribution in [0.1, 0.15) is 5.56 Å². The number of thioether (sulfide) groups is 1. The summed E-state index contributed by atoms with van der Waals surface area (Å²) in [4.78, 5) is 0.958. The molecular weight excluding hydrogens is 318 g/mol. The molecule has 3 rings (SSSR count). The lowest BCUT2D eigenvalue weighted by molar-refractivity contribution is 0.471. The highest BCUT2D eigenvalue weighted by Crippen LogP contribution is 2.42. The summed E-state index contributed by atoms with van der Waals surface area (Å²) < 4.78 is 22.8. The van der Waals surface area contributed by atoms with E-state index < -0.39 is 9.05 Å². The van der Waals surface area contributed by atoms with Crippen molar-refractivity contribution in [3.8, 4) is 5.75 Å². The highest BCUT2D eigenvalue weighted by molar-refractivity contribution is 8.13. The summed E-state index contributed by atoms with van der Waals surface area (Å²) in [6, 6.07) is 9.90. The molecule has 0 saturated heterocycles. The predicted octanol–water partition coefficient (Wildman–Crippen LogP) is 3.67. The van der Waals surface area contributed by atoms with Gasteiger partial charge in [0, 0.05) is 32.6 Å². The molecular formula is C13H10ClNO3S2. The molecule has 0 radical (unpaired) electrons. The van der Waals surface area contributed by atoms with Gasteiger partial charge in [-0.25, -0.2) is 8.42 Å². The molecule has 1 aliphatic heterocycles. The number of benzene rings is 2. The summed E-state index contributed by atoms with van der Waals surface area (Å²) in [6.45, 7) is 0. The number of hydrogen-bond acceptors (Lipinski definition) is 5. The van der Waals surface area contributed by atoms with Crippen molar-refractivity contribution < 1.29 is 13.5 Å². The first-order chi connectivity index (χ1) is 9.45. The fourth-order valence-electron chi connectivity index (χ4n) is 2.02. The molecule has 2 aromatic rings. The van der Waals surface area contributed by atoms with Crippen molar-refractivity contribution in [2.45, 2.75) is 15.5 Å². The first-order valence-corrected chi connectivity index (χ1v) is 9.04. The minimum Gasteiger partial charge on any atom is -0.508 e. The first kappa shape index (κ1) is 13.6. The largest absolute Gasteiger partial charge is 0.508 e. The van der Waals surface area contributed by atoms with Crippen LogP contribution in [-0.2, 0) is 14.8 Å². The third kappa shape index (κ3) is 2.46. The molecule has 0 atom stereocenters. The van der Waals surface area contributed by atoms with E-state index >= 15 is 0 Å². The fourth-order valence-corrected chi connectivity index (χ4v) is 3.83. The van der Waals surface area contributed by atoms with Crippen molar-refractivity contribution in [1.82, 2.24) is 0 Å². The van der Waals surface area contributed by atoms with Gasteiger partial charge in [-0.15, -0.1) is 11.8 Å². The van der Waals surface area contributed by atoms with Gasteiger partial charge in [0.1, 0.15) is 5.75 Å². The zero-order chi connectivity index (χ0) is 14.3. The summed E-state index contributed by atoms with van der Waals surface area (Å²) in [6.07, 6.45) is 0. The first-order valence-electron chi connectivity index (χ1n) is 5.74. The van der Waals surface area contributed by atoms with Gasteiger partial charge in [0.05, 0.1) is 10.6 Å². The summed E-state index contributed by atoms with van der Waals surface area (Å²) in [5.74, 6) is 0.829. The van der Waals surface area contributed by atoms with E-state index in [1.165, 1.54) is 23.9 Å². The van der Waals surface area contributed by atoms with Crippen LogP contribution in [-0.4, -0.2) is 13.5 Å². The number of nitrogens with one attached hydrogen (secondary N) is 1. The van der Waals surface area contributed by atoms with Crippen LogP contribution < -0.4 is 5.32 Å². The number of anilines is 2. The maximum absolute atomic E-state index is 11.4. The smallest absolute Gasteiger partial charge is 0.261 e. The Labute approximate surface area is 125 Å². The second-order valence-corrected chi connectivity index (χ2v) is 7.90. The minimum absolute atomic E-state index is 0.0506. The molecule has 0 unspecified atom stereocenters. The van der Waals surface area contributed by atoms with Gasteiger partial charge in [-0.2, -0.15) is 0 Å². The summed E-state index contributed by atoms with van der Waals surface area (Å²) in [7, 11) is 1.60. The maximum Gasteiger partial charge on any atom is 0.261 e. The summed E-state index contributed by atoms with van der Waals surface area (Å²) in [5.41, 5.74) is 2.23. The molecule has 0 aromatic heterocycles. The second kappa shape index (κ2) is 4.87. The SMILES string of the molecule is O=S(=O)(Cl)c1ccc2c(c1)Nc1cccc(O)c1CS2. The van der Waals surface area contributed by atoms with Crippen LogP contribution in [0.25, 0.3) is 0 Å². The third-order valence-corrected chi connectivity index (χ3v) is 5.48. The van der Waals surface area contributed by atoms with Crippen LogP contribution in [0.5, 0.6) is 5.75 Å². The van der Waals surface area contributed by atoms with Gasteiger partial charge in [0.2, 0.25) is 0 Å². The van der Waals surface area contributed by atoms with E-state index in [1.807, 2.05) is 6.07 Å². The summed E-state index contributed by atoms with van der Waals surface area (Å²) in [5, 5.41) is 13.0. The summed E-state index contributed by atoms with van der Waals surface area (Å²) >= 11 is 1.53. The van der Waals surface area contributed by atoms with Gasteiger partial charge in [-0.05, 0) is 30.3 Å². The van der Waals surface area contributed by atoms with E-state index in [4.69, 9.17) is 10.7 Å². The molecule has 1 heterocycles. The van der Waals surface area contributed by atoms with E-state index in [1.54, 1.807) is 18.2 Å². The highest BCUT2D eigenvalue weighted by Gasteiger charge is 2.18. The molecule has 0 fully saturated rings. The quantitative estimate of drug-likeness (QED) is 0.782. The Morgan fingerprint density at radius 3 is 2.75 bits per heavy atom. The Bertz CT molecular complexity index is 790. The van der Waals surface area contributed by atoms with Crippen LogP contribution in [0.15, 0.2) is 46.2 Å². The van der Waals surface area contributed by atoms with Crippen LogP contribution in [0.2, 0.25) is 0 Å². The van der Waals surface area contributed by atoms with E-state index in [-0.39, 0.29) is 10.6 Å². The molecule has 0 bridgehead atoms. The van der Waals surface area contributed by atoms with Crippen LogP contribution in [0, 0.1) is 0 Å². The van der Waals surface area contributed by atoms with Gasteiger partial charge >= 0.3 is 0 Å². The van der Waals surface area contributed by atoms with Crippen molar-refractivity contribution in [2.24, 2.45) is 0 Å². The van der Waals surface area contributed by atoms with Gasteiger partial charge in [0.15, 0.2) is 0 Å². The van der Waals surface area contributed by atoms with Gasteiger partial charge in [0.25, 0.3) is 9.05 Å². The lowest BCUT2D eigenvalue weighted by atomic mass is 10.1. The molecule has 0 spiro atoms. The third-order valence-electron chi connectivity index (χ3n) is 3.03. The Hall–Kier alpha value is -1.37. The molecule has 104 valence electrons. The number of phenolic OH excluding ortho intramolecular Hbond substituents is 1. The Balaban J connectivity index is 2.11. The lowest BCUT2D eigenvalue weighted by Crippen LogP contribution is -1.96. The normalized spacial score (nSPS) is 13.8. The maximum atomic E-state index is 11.4. The van der Waals surface area contributed by atoms with Crippen LogP contribution in [0.3, 0.4) is 0 Å². The zero-order valence-electron chi connectivity index (χ0n) is 10.1. The van der Waals surface area contributed by atoms with E-state index in [0.29, 0.717) is 11.4 Å². The van der Waals surface area contributed by atoms with E-state index in [9.17, 15) is 13.5 Å². The number of hydrogen-bond donors (Lipinski definition) is 2. The fraction of sp³-hybridized carbons (Fsp3) is 0.0769. The molecule has 20 heavy (non-hydrogen) atoms. The average molecular weight is 328 g/mol. The van der Waals surface area contributed by atoms with Crippen molar-refractivity contribution in [3.63, 3.8) is 0 Å². The van der Waals surface area contributed by atoms with Crippen molar-refractivity contribution >= 4 is 42.9 Å². The van der Waals surface area contributed by atoms with Crippen molar-refractivity contribution in [3.05, 3.63) is 42.0 Å². The molecule has 2 N–H and O–H groups in total. The van der Waals surface area contributed by atoms with Gasteiger partial charge in [-0.3, -0.25) is 0 Å². The van der Waals surface area contributed by atoms with Gasteiger partial charge < -0.3 is 10.4 Å². The highest BCUT2D eigenvalue weighted by atomic mass is 35.7. The van der Waals surface area contributed by atoms with E-state index in [2.05, 4.69) is 5.32 Å². The molecule has 7 heteroatoms.